The predicted molar refractivity (Wildman–Crippen MR) is 121 cm³/mol. The molecule has 164 valence electrons. The van der Waals surface area contributed by atoms with Crippen molar-refractivity contribution in [3.63, 3.8) is 0 Å². The van der Waals surface area contributed by atoms with Crippen molar-refractivity contribution in [2.75, 3.05) is 6.61 Å². The monoisotopic (exact) mass is 422 g/mol. The van der Waals surface area contributed by atoms with E-state index in [-0.39, 0.29) is 5.02 Å². The molecule has 0 radical (unpaired) electrons. The summed E-state index contributed by atoms with van der Waals surface area (Å²) in [6.45, 7) is 2.98. The minimum atomic E-state index is -0.405. The first kappa shape index (κ1) is 22.9. The van der Waals surface area contributed by atoms with Gasteiger partial charge < -0.3 is 4.74 Å². The maximum atomic E-state index is 13.4. The van der Waals surface area contributed by atoms with Crippen LogP contribution in [0.15, 0.2) is 18.2 Å². The summed E-state index contributed by atoms with van der Waals surface area (Å²) in [6.07, 6.45) is 19.7. The summed E-state index contributed by atoms with van der Waals surface area (Å²) in [6, 6.07) is 4.69. The average Bonchev–Trinajstić information content (AvgIpc) is 2.75. The highest BCUT2D eigenvalue weighted by molar-refractivity contribution is 6.30. The molecule has 0 aromatic heterocycles. The molecular formula is C26H40ClFO. The molecule has 0 spiro atoms. The quantitative estimate of drug-likeness (QED) is 0.342. The highest BCUT2D eigenvalue weighted by Crippen LogP contribution is 2.43. The van der Waals surface area contributed by atoms with Crippen LogP contribution in [-0.2, 0) is 0 Å². The van der Waals surface area contributed by atoms with Gasteiger partial charge in [-0.1, -0.05) is 69.9 Å². The first-order valence-electron chi connectivity index (χ1n) is 12.2. The van der Waals surface area contributed by atoms with E-state index in [1.54, 1.807) is 12.1 Å². The molecule has 0 amide bonds. The predicted octanol–water partition coefficient (Wildman–Crippen LogP) is 8.83. The summed E-state index contributed by atoms with van der Waals surface area (Å²) in [5.74, 6) is 4.08. The molecule has 1 nitrogen and oxygen atoms in total. The number of rotatable bonds is 10. The zero-order chi connectivity index (χ0) is 20.5. The highest BCUT2D eigenvalue weighted by atomic mass is 35.5. The Morgan fingerprint density at radius 3 is 2.00 bits per heavy atom. The van der Waals surface area contributed by atoms with Crippen LogP contribution in [0.25, 0.3) is 0 Å². The average molecular weight is 423 g/mol. The van der Waals surface area contributed by atoms with Gasteiger partial charge in [0.25, 0.3) is 0 Å². The number of ether oxygens (including phenoxy) is 1. The van der Waals surface area contributed by atoms with Gasteiger partial charge in [0.1, 0.15) is 11.6 Å². The smallest absolute Gasteiger partial charge is 0.145 e. The van der Waals surface area contributed by atoms with Crippen molar-refractivity contribution >= 4 is 11.6 Å². The van der Waals surface area contributed by atoms with Gasteiger partial charge in [0, 0.05) is 6.07 Å². The maximum Gasteiger partial charge on any atom is 0.145 e. The first-order chi connectivity index (χ1) is 14.2. The topological polar surface area (TPSA) is 9.23 Å². The second-order valence-corrected chi connectivity index (χ2v) is 10.0. The number of halogens is 2. The number of hydrogen-bond acceptors (Lipinski definition) is 1. The minimum absolute atomic E-state index is 0.152. The van der Waals surface area contributed by atoms with E-state index in [1.807, 2.05) is 0 Å². The SMILES string of the molecule is CCCCC[C@H]1CC[C@H](C2CCC(CCCOc3ccc(Cl)c(F)c3)CC2)CC1. The first-order valence-corrected chi connectivity index (χ1v) is 12.6. The number of hydrogen-bond donors (Lipinski definition) is 0. The Kier molecular flexibility index (Phi) is 9.62. The van der Waals surface area contributed by atoms with Crippen LogP contribution >= 0.6 is 11.6 Å². The molecule has 1 aromatic carbocycles. The van der Waals surface area contributed by atoms with Crippen molar-refractivity contribution in [1.29, 1.82) is 0 Å². The number of benzene rings is 1. The fourth-order valence-electron chi connectivity index (χ4n) is 5.71. The van der Waals surface area contributed by atoms with E-state index in [9.17, 15) is 4.39 Å². The fraction of sp³-hybridized carbons (Fsp3) is 0.769. The largest absolute Gasteiger partial charge is 0.493 e. The van der Waals surface area contributed by atoms with Crippen molar-refractivity contribution in [3.8, 4) is 5.75 Å². The molecule has 3 heteroatoms. The molecule has 29 heavy (non-hydrogen) atoms. The van der Waals surface area contributed by atoms with E-state index in [0.717, 1.165) is 30.1 Å². The lowest BCUT2D eigenvalue weighted by Crippen LogP contribution is -2.26. The summed E-state index contributed by atoms with van der Waals surface area (Å²) in [5, 5.41) is 0.152. The number of unbranched alkanes of at least 4 members (excludes halogenated alkanes) is 2. The summed E-state index contributed by atoms with van der Waals surface area (Å²) in [7, 11) is 0. The Morgan fingerprint density at radius 1 is 0.862 bits per heavy atom. The second kappa shape index (κ2) is 12.2. The van der Waals surface area contributed by atoms with E-state index < -0.39 is 5.82 Å². The normalized spacial score (nSPS) is 27.7. The van der Waals surface area contributed by atoms with Gasteiger partial charge in [-0.2, -0.15) is 0 Å². The van der Waals surface area contributed by atoms with Crippen LogP contribution in [0, 0.1) is 29.5 Å². The molecule has 2 aliphatic carbocycles. The van der Waals surface area contributed by atoms with Crippen molar-refractivity contribution in [1.82, 2.24) is 0 Å². The van der Waals surface area contributed by atoms with Crippen molar-refractivity contribution < 1.29 is 9.13 Å². The van der Waals surface area contributed by atoms with Crippen LogP contribution in [0.5, 0.6) is 5.75 Å². The van der Waals surface area contributed by atoms with E-state index in [0.29, 0.717) is 12.4 Å². The summed E-state index contributed by atoms with van der Waals surface area (Å²) < 4.78 is 19.1. The molecule has 0 bridgehead atoms. The molecule has 2 saturated carbocycles. The van der Waals surface area contributed by atoms with E-state index >= 15 is 0 Å². The molecule has 0 unspecified atom stereocenters. The van der Waals surface area contributed by atoms with Gasteiger partial charge >= 0.3 is 0 Å². The molecule has 2 aliphatic rings. The van der Waals surface area contributed by atoms with E-state index in [2.05, 4.69) is 6.92 Å². The molecule has 2 fully saturated rings. The summed E-state index contributed by atoms with van der Waals surface area (Å²) >= 11 is 5.71. The van der Waals surface area contributed by atoms with Gasteiger partial charge in [0.2, 0.25) is 0 Å². The van der Waals surface area contributed by atoms with Gasteiger partial charge in [0.15, 0.2) is 0 Å². The molecule has 3 rings (SSSR count). The highest BCUT2D eigenvalue weighted by Gasteiger charge is 2.30. The van der Waals surface area contributed by atoms with Crippen LogP contribution in [0.2, 0.25) is 5.02 Å². The van der Waals surface area contributed by atoms with Crippen molar-refractivity contribution in [2.24, 2.45) is 23.7 Å². The van der Waals surface area contributed by atoms with Crippen molar-refractivity contribution in [3.05, 3.63) is 29.0 Å². The third-order valence-electron chi connectivity index (χ3n) is 7.58. The zero-order valence-electron chi connectivity index (χ0n) is 18.3. The summed E-state index contributed by atoms with van der Waals surface area (Å²) in [4.78, 5) is 0. The second-order valence-electron chi connectivity index (χ2n) is 9.62. The lowest BCUT2D eigenvalue weighted by Gasteiger charge is -2.38. The lowest BCUT2D eigenvalue weighted by atomic mass is 9.68. The molecule has 0 aliphatic heterocycles. The molecule has 0 saturated heterocycles. The van der Waals surface area contributed by atoms with E-state index in [1.165, 1.54) is 89.5 Å². The molecular weight excluding hydrogens is 383 g/mol. The Labute approximate surface area is 182 Å². The van der Waals surface area contributed by atoms with Crippen LogP contribution in [0.1, 0.15) is 96.8 Å². The van der Waals surface area contributed by atoms with Crippen LogP contribution in [0.3, 0.4) is 0 Å². The summed E-state index contributed by atoms with van der Waals surface area (Å²) in [5.41, 5.74) is 0. The zero-order valence-corrected chi connectivity index (χ0v) is 19.1. The third kappa shape index (κ3) is 7.46. The Morgan fingerprint density at radius 2 is 1.45 bits per heavy atom. The third-order valence-corrected chi connectivity index (χ3v) is 7.89. The van der Waals surface area contributed by atoms with Gasteiger partial charge in [-0.25, -0.2) is 4.39 Å². The minimum Gasteiger partial charge on any atom is -0.493 e. The molecule has 1 aromatic rings. The molecule has 0 heterocycles. The van der Waals surface area contributed by atoms with Gasteiger partial charge in [-0.05, 0) is 74.3 Å². The molecule has 0 N–H and O–H groups in total. The standard InChI is InChI=1S/C26H40ClFO/c1-2-3-4-6-20-8-12-22(13-9-20)23-14-10-21(11-15-23)7-5-18-29-24-16-17-25(27)26(28)19-24/h16-17,19-23H,2-15,18H2,1H3/t20-,21?,22-,23?. The van der Waals surface area contributed by atoms with Gasteiger partial charge in [-0.3, -0.25) is 0 Å². The van der Waals surface area contributed by atoms with Crippen LogP contribution in [0.4, 0.5) is 4.39 Å². The van der Waals surface area contributed by atoms with Crippen LogP contribution in [-0.4, -0.2) is 6.61 Å². The van der Waals surface area contributed by atoms with Crippen LogP contribution < -0.4 is 4.74 Å². The molecule has 0 atom stereocenters. The lowest BCUT2D eigenvalue weighted by molar-refractivity contribution is 0.138. The van der Waals surface area contributed by atoms with Crippen molar-refractivity contribution in [2.45, 2.75) is 96.8 Å². The Balaban J connectivity index is 1.26. The maximum absolute atomic E-state index is 13.4. The van der Waals surface area contributed by atoms with Gasteiger partial charge in [0.05, 0.1) is 11.6 Å². The van der Waals surface area contributed by atoms with Gasteiger partial charge in [-0.15, -0.1) is 0 Å². The van der Waals surface area contributed by atoms with E-state index in [4.69, 9.17) is 16.3 Å². The Bertz CT molecular complexity index is 588. The Hall–Kier alpha value is -0.760. The fourth-order valence-corrected chi connectivity index (χ4v) is 5.83.